The Morgan fingerprint density at radius 3 is 3.00 bits per heavy atom. The third-order valence-electron chi connectivity index (χ3n) is 1.63. The van der Waals surface area contributed by atoms with Crippen LogP contribution in [0.4, 0.5) is 0 Å². The molecule has 74 valence electrons. The Labute approximate surface area is 87.8 Å². The molecule has 0 amide bonds. The van der Waals surface area contributed by atoms with Crippen LogP contribution in [0.2, 0.25) is 0 Å². The molecule has 13 heavy (non-hydrogen) atoms. The molecule has 0 aliphatic carbocycles. The lowest BCUT2D eigenvalue weighted by atomic mass is 10.4. The number of aryl methyl sites for hydroxylation is 1. The zero-order chi connectivity index (χ0) is 9.68. The van der Waals surface area contributed by atoms with Crippen LogP contribution in [0.5, 0.6) is 0 Å². The maximum Gasteiger partial charge on any atom is 0.100 e. The van der Waals surface area contributed by atoms with Gasteiger partial charge in [-0.1, -0.05) is 12.1 Å². The van der Waals surface area contributed by atoms with E-state index in [1.807, 2.05) is 29.6 Å². The van der Waals surface area contributed by atoms with Crippen LogP contribution in [-0.4, -0.2) is 26.5 Å². The molecule has 0 saturated carbocycles. The summed E-state index contributed by atoms with van der Waals surface area (Å²) < 4.78 is 1.84. The van der Waals surface area contributed by atoms with E-state index in [4.69, 9.17) is 11.6 Å². The van der Waals surface area contributed by atoms with Gasteiger partial charge >= 0.3 is 0 Å². The first-order valence-corrected chi connectivity index (χ1v) is 5.95. The number of hydrogen-bond acceptors (Lipinski definition) is 3. The molecule has 0 bridgehead atoms. The molecular formula is C8H14ClN3S. The summed E-state index contributed by atoms with van der Waals surface area (Å²) in [5.74, 6) is 2.23. The molecule has 1 rings (SSSR count). The number of alkyl halides is 1. The van der Waals surface area contributed by atoms with E-state index in [0.29, 0.717) is 0 Å². The maximum absolute atomic E-state index is 5.86. The van der Waals surface area contributed by atoms with E-state index in [1.165, 1.54) is 0 Å². The minimum absolute atomic E-state index is 0.0485. The zero-order valence-electron chi connectivity index (χ0n) is 7.90. The van der Waals surface area contributed by atoms with Crippen molar-refractivity contribution in [3.05, 3.63) is 11.9 Å². The Morgan fingerprint density at radius 1 is 1.69 bits per heavy atom. The number of thioether (sulfide) groups is 1. The molecule has 1 aromatic heterocycles. The summed E-state index contributed by atoms with van der Waals surface area (Å²) in [5, 5.41) is 7.90. The van der Waals surface area contributed by atoms with Gasteiger partial charge in [0.1, 0.15) is 5.69 Å². The van der Waals surface area contributed by atoms with Gasteiger partial charge in [-0.2, -0.15) is 11.8 Å². The highest BCUT2D eigenvalue weighted by molar-refractivity contribution is 7.99. The lowest BCUT2D eigenvalue weighted by Gasteiger charge is -1.97. The molecule has 1 atom stereocenters. The average Bonchev–Trinajstić information content (AvgIpc) is 2.53. The topological polar surface area (TPSA) is 30.7 Å². The fourth-order valence-electron chi connectivity index (χ4n) is 0.907. The minimum Gasteiger partial charge on any atom is -0.251 e. The molecule has 0 aliphatic rings. The number of halogens is 1. The van der Waals surface area contributed by atoms with E-state index >= 15 is 0 Å². The highest BCUT2D eigenvalue weighted by Gasteiger charge is 2.05. The number of rotatable bonds is 5. The van der Waals surface area contributed by atoms with Gasteiger partial charge in [0.15, 0.2) is 0 Å². The van der Waals surface area contributed by atoms with Gasteiger partial charge in [-0.05, 0) is 12.7 Å². The Balaban J connectivity index is 2.40. The van der Waals surface area contributed by atoms with Crippen LogP contribution in [0.1, 0.15) is 24.9 Å². The molecule has 0 N–H and O–H groups in total. The van der Waals surface area contributed by atoms with Crippen molar-refractivity contribution in [2.75, 3.05) is 11.5 Å². The lowest BCUT2D eigenvalue weighted by molar-refractivity contribution is 0.632. The summed E-state index contributed by atoms with van der Waals surface area (Å²) >= 11 is 7.76. The van der Waals surface area contributed by atoms with Gasteiger partial charge < -0.3 is 0 Å². The predicted octanol–water partition coefficient (Wildman–Crippen LogP) is 2.33. The molecule has 0 aliphatic heterocycles. The highest BCUT2D eigenvalue weighted by atomic mass is 35.5. The third-order valence-corrected chi connectivity index (χ3v) is 2.74. The summed E-state index contributed by atoms with van der Waals surface area (Å²) in [5.41, 5.74) is 0.850. The maximum atomic E-state index is 5.86. The summed E-state index contributed by atoms with van der Waals surface area (Å²) in [4.78, 5) is 0. The molecule has 0 aromatic carbocycles. The molecule has 0 saturated heterocycles. The van der Waals surface area contributed by atoms with E-state index < -0.39 is 0 Å². The third kappa shape index (κ3) is 3.56. The molecule has 1 unspecified atom stereocenters. The molecule has 0 spiro atoms. The van der Waals surface area contributed by atoms with Gasteiger partial charge in [0.05, 0.1) is 11.9 Å². The number of hydrogen-bond donors (Lipinski definition) is 0. The SMILES string of the molecule is CCSCCn1cc(C(C)Cl)nn1. The van der Waals surface area contributed by atoms with Gasteiger partial charge in [0.2, 0.25) is 0 Å². The number of nitrogens with zero attached hydrogens (tertiary/aromatic N) is 3. The first kappa shape index (κ1) is 10.9. The van der Waals surface area contributed by atoms with Crippen LogP contribution in [0, 0.1) is 0 Å². The quantitative estimate of drug-likeness (QED) is 0.563. The van der Waals surface area contributed by atoms with E-state index in [-0.39, 0.29) is 5.38 Å². The number of aromatic nitrogens is 3. The summed E-state index contributed by atoms with van der Waals surface area (Å²) in [7, 11) is 0. The Hall–Kier alpha value is -0.220. The van der Waals surface area contributed by atoms with E-state index in [2.05, 4.69) is 17.2 Å². The second kappa shape index (κ2) is 5.50. The molecule has 0 radical (unpaired) electrons. The van der Waals surface area contributed by atoms with Crippen LogP contribution in [0.15, 0.2) is 6.20 Å². The predicted molar refractivity (Wildman–Crippen MR) is 57.3 cm³/mol. The van der Waals surface area contributed by atoms with Crippen LogP contribution in [0.3, 0.4) is 0 Å². The van der Waals surface area contributed by atoms with Crippen LogP contribution in [-0.2, 0) is 6.54 Å². The second-order valence-corrected chi connectivity index (χ2v) is 4.77. The van der Waals surface area contributed by atoms with Crippen molar-refractivity contribution in [2.45, 2.75) is 25.8 Å². The van der Waals surface area contributed by atoms with Gasteiger partial charge in [-0.15, -0.1) is 16.7 Å². The summed E-state index contributed by atoms with van der Waals surface area (Å²) in [6.45, 7) is 4.96. The molecule has 0 fully saturated rings. The molecule has 1 heterocycles. The summed E-state index contributed by atoms with van der Waals surface area (Å²) in [6, 6.07) is 0. The summed E-state index contributed by atoms with van der Waals surface area (Å²) in [6.07, 6.45) is 1.91. The van der Waals surface area contributed by atoms with Gasteiger partial charge in [0, 0.05) is 11.9 Å². The Morgan fingerprint density at radius 2 is 2.46 bits per heavy atom. The first-order chi connectivity index (χ1) is 6.24. The monoisotopic (exact) mass is 219 g/mol. The average molecular weight is 220 g/mol. The normalized spacial score (nSPS) is 13.2. The van der Waals surface area contributed by atoms with Crippen molar-refractivity contribution in [2.24, 2.45) is 0 Å². The van der Waals surface area contributed by atoms with E-state index in [0.717, 1.165) is 23.7 Å². The smallest absolute Gasteiger partial charge is 0.100 e. The van der Waals surface area contributed by atoms with Crippen LogP contribution < -0.4 is 0 Å². The fourth-order valence-corrected chi connectivity index (χ4v) is 1.61. The lowest BCUT2D eigenvalue weighted by Crippen LogP contribution is -2.01. The van der Waals surface area contributed by atoms with E-state index in [9.17, 15) is 0 Å². The zero-order valence-corrected chi connectivity index (χ0v) is 9.48. The molecular weight excluding hydrogens is 206 g/mol. The highest BCUT2D eigenvalue weighted by Crippen LogP contribution is 2.15. The molecule has 1 aromatic rings. The second-order valence-electron chi connectivity index (χ2n) is 2.72. The van der Waals surface area contributed by atoms with Crippen molar-refractivity contribution in [1.82, 2.24) is 15.0 Å². The van der Waals surface area contributed by atoms with Gasteiger partial charge in [-0.3, -0.25) is 4.68 Å². The standard InChI is InChI=1S/C8H14ClN3S/c1-3-13-5-4-12-6-8(7(2)9)10-11-12/h6-7H,3-5H2,1-2H3. The van der Waals surface area contributed by atoms with Crippen molar-refractivity contribution in [3.63, 3.8) is 0 Å². The molecule has 3 nitrogen and oxygen atoms in total. The van der Waals surface area contributed by atoms with Crippen molar-refractivity contribution in [3.8, 4) is 0 Å². The Kier molecular flexibility index (Phi) is 4.59. The van der Waals surface area contributed by atoms with Crippen molar-refractivity contribution < 1.29 is 0 Å². The van der Waals surface area contributed by atoms with Crippen LogP contribution >= 0.6 is 23.4 Å². The van der Waals surface area contributed by atoms with E-state index in [1.54, 1.807) is 0 Å². The fraction of sp³-hybridized carbons (Fsp3) is 0.750. The Bertz CT molecular complexity index is 249. The van der Waals surface area contributed by atoms with Crippen molar-refractivity contribution in [1.29, 1.82) is 0 Å². The largest absolute Gasteiger partial charge is 0.251 e. The van der Waals surface area contributed by atoms with Crippen LogP contribution in [0.25, 0.3) is 0 Å². The van der Waals surface area contributed by atoms with Gasteiger partial charge in [0.25, 0.3) is 0 Å². The first-order valence-electron chi connectivity index (χ1n) is 4.36. The van der Waals surface area contributed by atoms with Gasteiger partial charge in [-0.25, -0.2) is 0 Å². The molecule has 5 heteroatoms. The van der Waals surface area contributed by atoms with Crippen molar-refractivity contribution >= 4 is 23.4 Å². The minimum atomic E-state index is -0.0485.